The number of fused-ring (bicyclic) bond motifs is 1. The first-order chi connectivity index (χ1) is 11.5. The van der Waals surface area contributed by atoms with Gasteiger partial charge in [-0.15, -0.1) is 0 Å². The Hall–Kier alpha value is -1.96. The Kier molecular flexibility index (Phi) is 4.35. The van der Waals surface area contributed by atoms with Gasteiger partial charge in [0.15, 0.2) is 5.72 Å². The van der Waals surface area contributed by atoms with Gasteiger partial charge in [-0.2, -0.15) is 0 Å². The van der Waals surface area contributed by atoms with Crippen LogP contribution in [0.2, 0.25) is 5.02 Å². The van der Waals surface area contributed by atoms with Crippen molar-refractivity contribution in [2.75, 3.05) is 0 Å². The smallest absolute Gasteiger partial charge is 0.213 e. The molecule has 0 saturated carbocycles. The van der Waals surface area contributed by atoms with Crippen LogP contribution in [0.5, 0.6) is 5.75 Å². The van der Waals surface area contributed by atoms with Crippen LogP contribution in [0.25, 0.3) is 0 Å². The zero-order valence-electron chi connectivity index (χ0n) is 13.6. The van der Waals surface area contributed by atoms with Gasteiger partial charge in [-0.3, -0.25) is 0 Å². The molecule has 1 aliphatic heterocycles. The second kappa shape index (κ2) is 6.09. The monoisotopic (exact) mass is 382 g/mol. The molecule has 3 rings (SSSR count). The zero-order valence-corrected chi connectivity index (χ0v) is 15.2. The van der Waals surface area contributed by atoms with Crippen LogP contribution in [0.3, 0.4) is 0 Å². The number of nitrogens with two attached hydrogens (primary N) is 1. The first-order valence-electron chi connectivity index (χ1n) is 7.42. The minimum Gasteiger partial charge on any atom is -0.466 e. The SMILES string of the molecule is CC1(C)N=C(c2ccc(F)cc2)c2c(Cl)cc(CS(N)(=O)=O)cc2O1. The molecule has 2 N–H and O–H groups in total. The Morgan fingerprint density at radius 2 is 1.88 bits per heavy atom. The minimum absolute atomic E-state index is 0.287. The predicted octanol–water partition coefficient (Wildman–Crippen LogP) is 3.23. The highest BCUT2D eigenvalue weighted by Gasteiger charge is 2.31. The summed E-state index contributed by atoms with van der Waals surface area (Å²) in [6.45, 7) is 3.53. The Balaban J connectivity index is 2.17. The number of hydrogen-bond donors (Lipinski definition) is 1. The average Bonchev–Trinajstić information content (AvgIpc) is 2.43. The summed E-state index contributed by atoms with van der Waals surface area (Å²) in [5, 5.41) is 5.40. The number of halogens is 2. The fraction of sp³-hybridized carbons (Fsp3) is 0.235. The normalized spacial score (nSPS) is 16.0. The van der Waals surface area contributed by atoms with Crippen molar-refractivity contribution in [1.82, 2.24) is 0 Å². The molecule has 25 heavy (non-hydrogen) atoms. The molecule has 5 nitrogen and oxygen atoms in total. The molecule has 0 saturated heterocycles. The van der Waals surface area contributed by atoms with E-state index in [-0.39, 0.29) is 16.6 Å². The lowest BCUT2D eigenvalue weighted by Gasteiger charge is -2.31. The number of hydrogen-bond acceptors (Lipinski definition) is 4. The van der Waals surface area contributed by atoms with Crippen LogP contribution in [0.4, 0.5) is 4.39 Å². The molecule has 0 bridgehead atoms. The molecule has 0 amide bonds. The van der Waals surface area contributed by atoms with Crippen molar-refractivity contribution >= 4 is 27.3 Å². The lowest BCUT2D eigenvalue weighted by Crippen LogP contribution is -2.32. The average molecular weight is 383 g/mol. The maximum Gasteiger partial charge on any atom is 0.213 e. The number of ether oxygens (including phenoxy) is 1. The molecule has 0 atom stereocenters. The molecule has 0 spiro atoms. The number of primary sulfonamides is 1. The number of sulfonamides is 1. The first-order valence-corrected chi connectivity index (χ1v) is 9.51. The molecule has 0 fully saturated rings. The Labute approximate surface area is 150 Å². The van der Waals surface area contributed by atoms with E-state index in [9.17, 15) is 12.8 Å². The van der Waals surface area contributed by atoms with Gasteiger partial charge >= 0.3 is 0 Å². The van der Waals surface area contributed by atoms with Gasteiger partial charge in [-0.05, 0) is 55.8 Å². The lowest BCUT2D eigenvalue weighted by molar-refractivity contribution is 0.115. The van der Waals surface area contributed by atoms with Gasteiger partial charge in [0.2, 0.25) is 10.0 Å². The van der Waals surface area contributed by atoms with E-state index >= 15 is 0 Å². The number of rotatable bonds is 3. The third-order valence-electron chi connectivity index (χ3n) is 3.58. The largest absolute Gasteiger partial charge is 0.466 e. The van der Waals surface area contributed by atoms with Crippen LogP contribution in [-0.4, -0.2) is 19.9 Å². The summed E-state index contributed by atoms with van der Waals surface area (Å²) in [4.78, 5) is 4.57. The van der Waals surface area contributed by atoms with Crippen LogP contribution in [0, 0.1) is 5.82 Å². The highest BCUT2D eigenvalue weighted by atomic mass is 35.5. The Morgan fingerprint density at radius 3 is 2.48 bits per heavy atom. The number of benzene rings is 2. The Bertz CT molecular complexity index is 970. The maximum atomic E-state index is 13.2. The molecule has 2 aromatic carbocycles. The highest BCUT2D eigenvalue weighted by molar-refractivity contribution is 7.88. The third-order valence-corrected chi connectivity index (χ3v) is 4.61. The van der Waals surface area contributed by atoms with E-state index in [0.29, 0.717) is 28.2 Å². The predicted molar refractivity (Wildman–Crippen MR) is 95.0 cm³/mol. The summed E-state index contributed by atoms with van der Waals surface area (Å²) in [5.41, 5.74) is 1.30. The second-order valence-corrected chi connectivity index (χ2v) is 8.30. The van der Waals surface area contributed by atoms with Crippen LogP contribution in [-0.2, 0) is 15.8 Å². The van der Waals surface area contributed by atoms with Crippen molar-refractivity contribution in [3.05, 3.63) is 63.9 Å². The summed E-state index contributed by atoms with van der Waals surface area (Å²) in [6.07, 6.45) is 0. The van der Waals surface area contributed by atoms with Crippen molar-refractivity contribution in [3.63, 3.8) is 0 Å². The number of aliphatic imine (C=N–C) groups is 1. The second-order valence-electron chi connectivity index (χ2n) is 6.27. The molecular weight excluding hydrogens is 367 g/mol. The zero-order chi connectivity index (χ0) is 18.4. The van der Waals surface area contributed by atoms with Crippen molar-refractivity contribution in [2.45, 2.75) is 25.3 Å². The van der Waals surface area contributed by atoms with E-state index in [2.05, 4.69) is 4.99 Å². The summed E-state index contributed by atoms with van der Waals surface area (Å²) in [6, 6.07) is 8.99. The van der Waals surface area contributed by atoms with Gasteiger partial charge in [0.1, 0.15) is 11.6 Å². The fourth-order valence-corrected chi connectivity index (χ4v) is 3.65. The minimum atomic E-state index is -3.71. The van der Waals surface area contributed by atoms with E-state index in [0.717, 1.165) is 0 Å². The van der Waals surface area contributed by atoms with Crippen molar-refractivity contribution < 1.29 is 17.5 Å². The Morgan fingerprint density at radius 1 is 1.24 bits per heavy atom. The van der Waals surface area contributed by atoms with Crippen molar-refractivity contribution in [2.24, 2.45) is 10.1 Å². The van der Waals surface area contributed by atoms with E-state index in [1.54, 1.807) is 32.0 Å². The summed E-state index contributed by atoms with van der Waals surface area (Å²) in [7, 11) is -3.71. The van der Waals surface area contributed by atoms with E-state index in [1.807, 2.05) is 0 Å². The molecule has 1 aliphatic rings. The molecule has 0 aliphatic carbocycles. The maximum absolute atomic E-state index is 13.2. The standard InChI is InChI=1S/C17H16ClFN2O3S/c1-17(2)21-16(11-3-5-12(19)6-4-11)15-13(18)7-10(8-14(15)24-17)9-25(20,22)23/h3-8H,9H2,1-2H3,(H2,20,22,23). The topological polar surface area (TPSA) is 81.8 Å². The van der Waals surface area contributed by atoms with Gasteiger partial charge in [0.05, 0.1) is 22.1 Å². The molecule has 1 heterocycles. The summed E-state index contributed by atoms with van der Waals surface area (Å²) in [5.74, 6) is -0.303. The van der Waals surface area contributed by atoms with Crippen LogP contribution in [0.15, 0.2) is 41.4 Å². The third kappa shape index (κ3) is 4.00. The van der Waals surface area contributed by atoms with Gasteiger partial charge in [-0.1, -0.05) is 11.6 Å². The highest BCUT2D eigenvalue weighted by Crippen LogP contribution is 2.38. The van der Waals surface area contributed by atoms with Gasteiger partial charge in [0, 0.05) is 5.56 Å². The van der Waals surface area contributed by atoms with Gasteiger partial charge < -0.3 is 4.74 Å². The lowest BCUT2D eigenvalue weighted by atomic mass is 9.97. The molecule has 2 aromatic rings. The molecule has 8 heteroatoms. The van der Waals surface area contributed by atoms with E-state index in [1.165, 1.54) is 18.2 Å². The van der Waals surface area contributed by atoms with E-state index in [4.69, 9.17) is 21.5 Å². The van der Waals surface area contributed by atoms with Crippen molar-refractivity contribution in [3.8, 4) is 5.75 Å². The van der Waals surface area contributed by atoms with Crippen LogP contribution in [0.1, 0.15) is 30.5 Å². The fourth-order valence-electron chi connectivity index (χ4n) is 2.69. The van der Waals surface area contributed by atoms with Gasteiger partial charge in [-0.25, -0.2) is 22.9 Å². The van der Waals surface area contributed by atoms with Crippen LogP contribution >= 0.6 is 11.6 Å². The van der Waals surface area contributed by atoms with Crippen molar-refractivity contribution in [1.29, 1.82) is 0 Å². The van der Waals surface area contributed by atoms with Gasteiger partial charge in [0.25, 0.3) is 0 Å². The summed E-state index contributed by atoms with van der Waals surface area (Å²) >= 11 is 6.37. The summed E-state index contributed by atoms with van der Waals surface area (Å²) < 4.78 is 41.8. The van der Waals surface area contributed by atoms with E-state index < -0.39 is 15.7 Å². The molecular formula is C17H16ClFN2O3S. The quantitative estimate of drug-likeness (QED) is 0.884. The van der Waals surface area contributed by atoms with Crippen LogP contribution < -0.4 is 9.88 Å². The molecule has 0 unspecified atom stereocenters. The first kappa shape index (κ1) is 17.8. The number of nitrogens with zero attached hydrogens (tertiary/aromatic N) is 1. The molecule has 132 valence electrons. The molecule has 0 aromatic heterocycles. The molecule has 0 radical (unpaired) electrons.